The van der Waals surface area contributed by atoms with Crippen molar-refractivity contribution >= 4 is 17.0 Å². The van der Waals surface area contributed by atoms with E-state index in [2.05, 4.69) is 30.1 Å². The molecule has 0 radical (unpaired) electrons. The van der Waals surface area contributed by atoms with E-state index < -0.39 is 0 Å². The van der Waals surface area contributed by atoms with Gasteiger partial charge in [-0.3, -0.25) is 0 Å². The lowest BCUT2D eigenvalue weighted by atomic mass is 10.1. The predicted molar refractivity (Wildman–Crippen MR) is 68.6 cm³/mol. The van der Waals surface area contributed by atoms with Crippen molar-refractivity contribution in [1.82, 2.24) is 10.2 Å². The smallest absolute Gasteiger partial charge is 0.147 e. The molecule has 16 heavy (non-hydrogen) atoms. The van der Waals surface area contributed by atoms with Crippen LogP contribution in [0.25, 0.3) is 10.6 Å². The van der Waals surface area contributed by atoms with Gasteiger partial charge in [-0.25, -0.2) is 0 Å². The molecule has 0 aliphatic carbocycles. The summed E-state index contributed by atoms with van der Waals surface area (Å²) in [6.07, 6.45) is 0. The zero-order valence-electron chi connectivity index (χ0n) is 9.69. The van der Waals surface area contributed by atoms with Gasteiger partial charge < -0.3 is 5.73 Å². The van der Waals surface area contributed by atoms with Crippen LogP contribution in [-0.4, -0.2) is 10.2 Å². The van der Waals surface area contributed by atoms with Crippen LogP contribution in [0.5, 0.6) is 0 Å². The fourth-order valence-electron chi connectivity index (χ4n) is 1.39. The van der Waals surface area contributed by atoms with E-state index in [4.69, 9.17) is 5.73 Å². The number of benzene rings is 1. The highest BCUT2D eigenvalue weighted by atomic mass is 32.1. The Morgan fingerprint density at radius 2 is 2.00 bits per heavy atom. The van der Waals surface area contributed by atoms with Crippen LogP contribution in [0.1, 0.15) is 30.3 Å². The standard InChI is InChI=1S/C12H15N3S/c1-7(2)11-14-15-12(16-11)9-4-5-10(13)8(3)6-9/h4-7H,13H2,1-3H3. The summed E-state index contributed by atoms with van der Waals surface area (Å²) in [7, 11) is 0. The first-order valence-corrected chi connectivity index (χ1v) is 6.09. The van der Waals surface area contributed by atoms with E-state index in [0.717, 1.165) is 26.8 Å². The molecule has 1 aromatic heterocycles. The fourth-order valence-corrected chi connectivity index (χ4v) is 2.24. The molecular formula is C12H15N3S. The molecule has 0 bridgehead atoms. The highest BCUT2D eigenvalue weighted by molar-refractivity contribution is 7.14. The minimum absolute atomic E-state index is 0.432. The predicted octanol–water partition coefficient (Wildman–Crippen LogP) is 3.22. The number of anilines is 1. The Labute approximate surface area is 99.3 Å². The van der Waals surface area contributed by atoms with Crippen LogP contribution in [0.15, 0.2) is 18.2 Å². The first-order valence-electron chi connectivity index (χ1n) is 5.28. The second-order valence-corrected chi connectivity index (χ2v) is 5.18. The third kappa shape index (κ3) is 2.07. The molecule has 3 nitrogen and oxygen atoms in total. The van der Waals surface area contributed by atoms with E-state index in [-0.39, 0.29) is 0 Å². The van der Waals surface area contributed by atoms with Crippen LogP contribution in [-0.2, 0) is 0 Å². The van der Waals surface area contributed by atoms with Crippen molar-refractivity contribution in [2.75, 3.05) is 5.73 Å². The van der Waals surface area contributed by atoms with Gasteiger partial charge in [0.2, 0.25) is 0 Å². The van der Waals surface area contributed by atoms with E-state index >= 15 is 0 Å². The van der Waals surface area contributed by atoms with Gasteiger partial charge >= 0.3 is 0 Å². The molecule has 1 aromatic carbocycles. The number of aromatic nitrogens is 2. The maximum absolute atomic E-state index is 5.79. The summed E-state index contributed by atoms with van der Waals surface area (Å²) in [4.78, 5) is 0. The molecule has 1 heterocycles. The number of rotatable bonds is 2. The Bertz CT molecular complexity index is 503. The third-order valence-electron chi connectivity index (χ3n) is 2.45. The molecule has 0 unspecified atom stereocenters. The molecule has 2 N–H and O–H groups in total. The van der Waals surface area contributed by atoms with Gasteiger partial charge in [-0.15, -0.1) is 10.2 Å². The maximum atomic E-state index is 5.79. The fraction of sp³-hybridized carbons (Fsp3) is 0.333. The topological polar surface area (TPSA) is 51.8 Å². The Balaban J connectivity index is 2.39. The Hall–Kier alpha value is -1.42. The normalized spacial score (nSPS) is 11.0. The molecular weight excluding hydrogens is 218 g/mol. The number of hydrogen-bond donors (Lipinski definition) is 1. The first kappa shape index (κ1) is 11.1. The lowest BCUT2D eigenvalue weighted by Crippen LogP contribution is -1.89. The van der Waals surface area contributed by atoms with Gasteiger partial charge in [-0.2, -0.15) is 0 Å². The Morgan fingerprint density at radius 3 is 2.56 bits per heavy atom. The highest BCUT2D eigenvalue weighted by Gasteiger charge is 2.09. The summed E-state index contributed by atoms with van der Waals surface area (Å²) in [5, 5.41) is 10.4. The lowest BCUT2D eigenvalue weighted by Gasteiger charge is -2.01. The second kappa shape index (κ2) is 4.22. The molecule has 0 amide bonds. The summed E-state index contributed by atoms with van der Waals surface area (Å²) < 4.78 is 0. The molecule has 84 valence electrons. The van der Waals surface area contributed by atoms with Crippen molar-refractivity contribution in [3.63, 3.8) is 0 Å². The average Bonchev–Trinajstić information content (AvgIpc) is 2.71. The van der Waals surface area contributed by atoms with E-state index in [0.29, 0.717) is 5.92 Å². The van der Waals surface area contributed by atoms with E-state index in [1.807, 2.05) is 19.1 Å². The number of nitrogens with two attached hydrogens (primary N) is 1. The van der Waals surface area contributed by atoms with Crippen molar-refractivity contribution in [2.24, 2.45) is 0 Å². The molecule has 0 saturated heterocycles. The largest absolute Gasteiger partial charge is 0.399 e. The molecule has 2 rings (SSSR count). The minimum Gasteiger partial charge on any atom is -0.399 e. The van der Waals surface area contributed by atoms with Gasteiger partial charge in [-0.05, 0) is 30.7 Å². The quantitative estimate of drug-likeness (QED) is 0.810. The third-order valence-corrected chi connectivity index (χ3v) is 3.72. The van der Waals surface area contributed by atoms with E-state index in [1.165, 1.54) is 0 Å². The molecule has 0 atom stereocenters. The van der Waals surface area contributed by atoms with Crippen LogP contribution in [0, 0.1) is 6.92 Å². The van der Waals surface area contributed by atoms with Crippen LogP contribution in [0.4, 0.5) is 5.69 Å². The van der Waals surface area contributed by atoms with Gasteiger partial charge in [0.05, 0.1) is 0 Å². The summed E-state index contributed by atoms with van der Waals surface area (Å²) >= 11 is 1.65. The molecule has 0 fully saturated rings. The van der Waals surface area contributed by atoms with Crippen molar-refractivity contribution in [3.05, 3.63) is 28.8 Å². The van der Waals surface area contributed by atoms with Gasteiger partial charge in [0, 0.05) is 17.2 Å². The molecule has 0 aliphatic heterocycles. The lowest BCUT2D eigenvalue weighted by molar-refractivity contribution is 0.825. The van der Waals surface area contributed by atoms with Gasteiger partial charge in [0.1, 0.15) is 10.0 Å². The van der Waals surface area contributed by atoms with Gasteiger partial charge in [-0.1, -0.05) is 25.2 Å². The van der Waals surface area contributed by atoms with E-state index in [1.54, 1.807) is 11.3 Å². The monoisotopic (exact) mass is 233 g/mol. The maximum Gasteiger partial charge on any atom is 0.147 e. The summed E-state index contributed by atoms with van der Waals surface area (Å²) in [5.74, 6) is 0.432. The van der Waals surface area contributed by atoms with Crippen molar-refractivity contribution in [1.29, 1.82) is 0 Å². The van der Waals surface area contributed by atoms with Crippen molar-refractivity contribution in [2.45, 2.75) is 26.7 Å². The second-order valence-electron chi connectivity index (χ2n) is 4.17. The SMILES string of the molecule is Cc1cc(-c2nnc(C(C)C)s2)ccc1N. The van der Waals surface area contributed by atoms with Crippen LogP contribution in [0.2, 0.25) is 0 Å². The Kier molecular flexibility index (Phi) is 2.92. The summed E-state index contributed by atoms with van der Waals surface area (Å²) in [6, 6.07) is 5.97. The zero-order valence-corrected chi connectivity index (χ0v) is 10.5. The summed E-state index contributed by atoms with van der Waals surface area (Å²) in [6.45, 7) is 6.25. The average molecular weight is 233 g/mol. The highest BCUT2D eigenvalue weighted by Crippen LogP contribution is 2.28. The first-order chi connectivity index (χ1) is 7.58. The van der Waals surface area contributed by atoms with Crippen LogP contribution < -0.4 is 5.73 Å². The molecule has 0 aliphatic rings. The van der Waals surface area contributed by atoms with Crippen molar-refractivity contribution < 1.29 is 0 Å². The van der Waals surface area contributed by atoms with Gasteiger partial charge in [0.15, 0.2) is 0 Å². The molecule has 2 aromatic rings. The minimum atomic E-state index is 0.432. The molecule has 4 heteroatoms. The number of hydrogen-bond acceptors (Lipinski definition) is 4. The Morgan fingerprint density at radius 1 is 1.25 bits per heavy atom. The molecule has 0 saturated carbocycles. The number of aryl methyl sites for hydroxylation is 1. The number of nitrogen functional groups attached to an aromatic ring is 1. The number of nitrogens with zero attached hydrogens (tertiary/aromatic N) is 2. The summed E-state index contributed by atoms with van der Waals surface area (Å²) in [5.41, 5.74) is 8.78. The molecule has 0 spiro atoms. The van der Waals surface area contributed by atoms with E-state index in [9.17, 15) is 0 Å². The van der Waals surface area contributed by atoms with Crippen molar-refractivity contribution in [3.8, 4) is 10.6 Å². The van der Waals surface area contributed by atoms with Gasteiger partial charge in [0.25, 0.3) is 0 Å². The zero-order chi connectivity index (χ0) is 11.7. The van der Waals surface area contributed by atoms with Crippen LogP contribution >= 0.6 is 11.3 Å². The van der Waals surface area contributed by atoms with Crippen LogP contribution in [0.3, 0.4) is 0 Å².